The van der Waals surface area contributed by atoms with Crippen molar-refractivity contribution in [1.82, 2.24) is 0 Å². The van der Waals surface area contributed by atoms with E-state index in [1.54, 1.807) is 5.30 Å². The third-order valence-electron chi connectivity index (χ3n) is 8.75. The molecule has 4 aromatic rings. The molecule has 5 heteroatoms. The van der Waals surface area contributed by atoms with Crippen LogP contribution in [0, 0.1) is 6.07 Å². The summed E-state index contributed by atoms with van der Waals surface area (Å²) in [5.74, 6) is 0. The second-order valence-electron chi connectivity index (χ2n) is 11.8. The molecule has 230 valence electrons. The Kier molecular flexibility index (Phi) is 14.1. The second kappa shape index (κ2) is 18.0. The molecular weight excluding hydrogens is 657 g/mol. The summed E-state index contributed by atoms with van der Waals surface area (Å²) in [4.78, 5) is 2.27. The summed E-state index contributed by atoms with van der Waals surface area (Å²) < 4.78 is 0. The molecule has 0 saturated heterocycles. The summed E-state index contributed by atoms with van der Waals surface area (Å²) in [5, 5.41) is 1.70. The normalized spacial score (nSPS) is 15.6. The molecule has 2 N–H and O–H groups in total. The molecule has 2 nitrogen and oxygen atoms in total. The van der Waals surface area contributed by atoms with Crippen molar-refractivity contribution in [1.29, 1.82) is 0 Å². The van der Waals surface area contributed by atoms with Crippen LogP contribution >= 0.6 is 17.5 Å². The van der Waals surface area contributed by atoms with Crippen LogP contribution in [0.25, 0.3) is 22.3 Å². The monoisotopic (exact) mass is 702 g/mol. The fourth-order valence-electron chi connectivity index (χ4n) is 6.73. The van der Waals surface area contributed by atoms with Gasteiger partial charge in [-0.15, -0.1) is 35.9 Å². The Morgan fingerprint density at radius 3 is 1.72 bits per heavy atom. The average molecular weight is 704 g/mol. The number of anilines is 2. The number of hydrogen-bond donors (Lipinski definition) is 1. The summed E-state index contributed by atoms with van der Waals surface area (Å²) in [7, 11) is 8.75. The van der Waals surface area contributed by atoms with Gasteiger partial charge in [0.25, 0.3) is 0 Å². The van der Waals surface area contributed by atoms with Gasteiger partial charge in [0, 0.05) is 25.3 Å². The maximum absolute atomic E-state index is 5.83. The topological polar surface area (TPSA) is 29.3 Å². The summed E-state index contributed by atoms with van der Waals surface area (Å²) in [6.07, 6.45) is 14.6. The Bertz CT molecular complexity index is 1350. The van der Waals surface area contributed by atoms with Gasteiger partial charge < -0.3 is 10.6 Å². The minimum atomic E-state index is -0.0867. The van der Waals surface area contributed by atoms with Crippen molar-refractivity contribution in [2.24, 2.45) is 0 Å². The zero-order valence-corrected chi connectivity index (χ0v) is 28.8. The predicted molar refractivity (Wildman–Crippen MR) is 187 cm³/mol. The molecule has 2 aliphatic rings. The van der Waals surface area contributed by atoms with Crippen molar-refractivity contribution in [3.05, 3.63) is 103 Å². The van der Waals surface area contributed by atoms with Gasteiger partial charge in [-0.25, -0.2) is 0 Å². The van der Waals surface area contributed by atoms with Crippen molar-refractivity contribution in [2.75, 3.05) is 24.7 Å². The van der Waals surface area contributed by atoms with Crippen LogP contribution in [0.3, 0.4) is 0 Å². The molecule has 0 aliphatic heterocycles. The third-order valence-corrected chi connectivity index (χ3v) is 12.3. The van der Waals surface area contributed by atoms with Crippen molar-refractivity contribution in [2.45, 2.75) is 75.5 Å². The van der Waals surface area contributed by atoms with Crippen LogP contribution < -0.4 is 15.9 Å². The van der Waals surface area contributed by atoms with E-state index in [1.807, 2.05) is 48.5 Å². The van der Waals surface area contributed by atoms with E-state index < -0.39 is 0 Å². The molecule has 2 saturated carbocycles. The molecule has 0 heterocycles. The quantitative estimate of drug-likeness (QED) is 0.0938. The molecule has 4 aromatic carbocycles. The number of para-hydroxylation sites is 2. The van der Waals surface area contributed by atoms with Gasteiger partial charge in [-0.05, 0) is 65.7 Å². The second-order valence-corrected chi connectivity index (χ2v) is 14.5. The number of rotatable bonds is 6. The Labute approximate surface area is 276 Å². The number of hydrogen-bond acceptors (Lipinski definition) is 2. The van der Waals surface area contributed by atoms with Gasteiger partial charge in [0.1, 0.15) is 0 Å². The SMILES string of the molecule is CN(C)c1ccccc1-c1ccccc1P(C1CCCCC1)C1CCCCC1.Nc1ccccc1-c1[c-]cccc1.[Cl][Pd+]. The molecule has 0 bridgehead atoms. The van der Waals surface area contributed by atoms with Gasteiger partial charge in [0.2, 0.25) is 0 Å². The van der Waals surface area contributed by atoms with Crippen LogP contribution in [-0.4, -0.2) is 25.4 Å². The standard InChI is InChI=1S/C26H36NP.C12H10N.ClH.Pd/c1-27(2)25-19-11-9-17-23(25)24-18-10-12-20-26(24)28(21-13-5-3-6-14-21)22-15-7-4-8-16-22;13-12-9-5-4-8-11(12)10-6-2-1-3-7-10;;/h9-12,17-22H,3-8,13-16H2,1-2H3;1-6,8-9H,13H2;1H;/q;-1;;+2/p-1. The van der Waals surface area contributed by atoms with E-state index in [9.17, 15) is 0 Å². The fourth-order valence-corrected chi connectivity index (χ4v) is 10.7. The molecular formula is C38H46ClN2PPd. The van der Waals surface area contributed by atoms with Crippen molar-refractivity contribution < 1.29 is 18.2 Å². The van der Waals surface area contributed by atoms with Gasteiger partial charge in [0.15, 0.2) is 0 Å². The zero-order chi connectivity index (χ0) is 30.4. The Balaban J connectivity index is 0.000000235. The zero-order valence-electron chi connectivity index (χ0n) is 25.6. The molecule has 0 spiro atoms. The van der Waals surface area contributed by atoms with Gasteiger partial charge in [-0.1, -0.05) is 113 Å². The summed E-state index contributed by atoms with van der Waals surface area (Å²) in [6, 6.07) is 37.2. The maximum atomic E-state index is 5.83. The number of benzene rings is 4. The van der Waals surface area contributed by atoms with E-state index in [4.69, 9.17) is 5.73 Å². The van der Waals surface area contributed by atoms with Crippen LogP contribution in [0.15, 0.2) is 97.1 Å². The molecule has 0 unspecified atom stereocenters. The molecule has 2 fully saturated rings. The van der Waals surface area contributed by atoms with Crippen LogP contribution in [0.5, 0.6) is 0 Å². The Morgan fingerprint density at radius 2 is 1.16 bits per heavy atom. The predicted octanol–water partition coefficient (Wildman–Crippen LogP) is 10.6. The van der Waals surface area contributed by atoms with E-state index >= 15 is 0 Å². The summed E-state index contributed by atoms with van der Waals surface area (Å²) >= 11 is 2.22. The molecule has 43 heavy (non-hydrogen) atoms. The first-order valence-corrected chi connectivity index (χ1v) is 19.2. The molecule has 0 radical (unpaired) electrons. The van der Waals surface area contributed by atoms with E-state index in [1.165, 1.54) is 81.0 Å². The van der Waals surface area contributed by atoms with E-state index in [2.05, 4.69) is 101 Å². The van der Waals surface area contributed by atoms with Gasteiger partial charge >= 0.3 is 27.7 Å². The first-order chi connectivity index (χ1) is 21.1. The first-order valence-electron chi connectivity index (χ1n) is 15.7. The number of halogens is 1. The average Bonchev–Trinajstić information content (AvgIpc) is 3.08. The Hall–Kier alpha value is -2.14. The molecule has 2 aliphatic carbocycles. The van der Waals surface area contributed by atoms with Crippen LogP contribution in [0.2, 0.25) is 0 Å². The number of nitrogens with zero attached hydrogens (tertiary/aromatic N) is 1. The van der Waals surface area contributed by atoms with Crippen LogP contribution in [0.4, 0.5) is 11.4 Å². The number of nitrogens with two attached hydrogens (primary N) is 1. The van der Waals surface area contributed by atoms with Crippen molar-refractivity contribution in [3.63, 3.8) is 0 Å². The van der Waals surface area contributed by atoms with Crippen molar-refractivity contribution in [3.8, 4) is 22.3 Å². The van der Waals surface area contributed by atoms with E-state index in [-0.39, 0.29) is 7.92 Å². The molecule has 0 atom stereocenters. The van der Waals surface area contributed by atoms with E-state index in [0.717, 1.165) is 28.1 Å². The summed E-state index contributed by atoms with van der Waals surface area (Å²) in [5.41, 5.74) is 14.9. The molecule has 6 rings (SSSR count). The molecule has 0 amide bonds. The molecule has 0 aromatic heterocycles. The van der Waals surface area contributed by atoms with Crippen LogP contribution in [-0.2, 0) is 18.2 Å². The fraction of sp³-hybridized carbons (Fsp3) is 0.368. The van der Waals surface area contributed by atoms with Gasteiger partial charge in [-0.2, -0.15) is 0 Å². The summed E-state index contributed by atoms with van der Waals surface area (Å²) in [6.45, 7) is 0. The van der Waals surface area contributed by atoms with Crippen molar-refractivity contribution >= 4 is 34.1 Å². The third kappa shape index (κ3) is 9.19. The Morgan fingerprint density at radius 1 is 0.651 bits per heavy atom. The first kappa shape index (κ1) is 33.7. The number of nitrogen functional groups attached to an aromatic ring is 1. The van der Waals surface area contributed by atoms with Gasteiger partial charge in [-0.3, -0.25) is 0 Å². The van der Waals surface area contributed by atoms with E-state index in [0.29, 0.717) is 0 Å². The van der Waals surface area contributed by atoms with Crippen LogP contribution in [0.1, 0.15) is 64.2 Å². The minimum absolute atomic E-state index is 0.0867. The van der Waals surface area contributed by atoms with Gasteiger partial charge in [0.05, 0.1) is 0 Å².